The lowest BCUT2D eigenvalue weighted by atomic mass is 9.94. The molecule has 1 aliphatic rings. The molecule has 1 unspecified atom stereocenters. The summed E-state index contributed by atoms with van der Waals surface area (Å²) in [5.74, 6) is 0.437. The molecule has 0 saturated carbocycles. The standard InChI is InChI=1S/C26H21FN4O2/c1-16-15-20(13-14-21(16)27)31-17(2)22(23(28-26(31)32)18-9-5-3-6-10-18)25-29-24(30-33-25)19-11-7-4-8-12-19/h3-15,23H,1-2H3,(H,28,32). The average molecular weight is 440 g/mol. The number of benzene rings is 3. The van der Waals surface area contributed by atoms with Crippen molar-refractivity contribution in [2.75, 3.05) is 4.90 Å². The molecule has 7 heteroatoms. The van der Waals surface area contributed by atoms with Crippen molar-refractivity contribution in [3.63, 3.8) is 0 Å². The number of aromatic nitrogens is 2. The van der Waals surface area contributed by atoms with Crippen molar-refractivity contribution in [3.8, 4) is 11.4 Å². The van der Waals surface area contributed by atoms with Crippen molar-refractivity contribution < 1.29 is 13.7 Å². The van der Waals surface area contributed by atoms with Crippen LogP contribution in [0.15, 0.2) is 89.1 Å². The number of aryl methyl sites for hydroxylation is 1. The fourth-order valence-electron chi connectivity index (χ4n) is 4.03. The molecule has 0 bridgehead atoms. The van der Waals surface area contributed by atoms with E-state index in [-0.39, 0.29) is 11.8 Å². The number of urea groups is 1. The zero-order valence-corrected chi connectivity index (χ0v) is 18.1. The van der Waals surface area contributed by atoms with Gasteiger partial charge in [0.25, 0.3) is 5.89 Å². The quantitative estimate of drug-likeness (QED) is 0.430. The second kappa shape index (κ2) is 8.35. The van der Waals surface area contributed by atoms with Crippen LogP contribution in [0.25, 0.3) is 17.0 Å². The maximum absolute atomic E-state index is 13.9. The van der Waals surface area contributed by atoms with Gasteiger partial charge >= 0.3 is 6.03 Å². The van der Waals surface area contributed by atoms with Crippen LogP contribution in [0.1, 0.15) is 30.0 Å². The molecule has 1 aliphatic heterocycles. The molecule has 0 spiro atoms. The van der Waals surface area contributed by atoms with E-state index in [2.05, 4.69) is 15.5 Å². The highest BCUT2D eigenvalue weighted by Gasteiger charge is 2.36. The van der Waals surface area contributed by atoms with Gasteiger partial charge in [0.1, 0.15) is 5.82 Å². The molecule has 33 heavy (non-hydrogen) atoms. The predicted octanol–water partition coefficient (Wildman–Crippen LogP) is 5.89. The zero-order valence-electron chi connectivity index (χ0n) is 18.1. The maximum atomic E-state index is 13.9. The molecule has 0 saturated heterocycles. The fourth-order valence-corrected chi connectivity index (χ4v) is 4.03. The van der Waals surface area contributed by atoms with Gasteiger partial charge in [-0.25, -0.2) is 9.18 Å². The molecule has 5 rings (SSSR count). The lowest BCUT2D eigenvalue weighted by Gasteiger charge is -2.35. The summed E-state index contributed by atoms with van der Waals surface area (Å²) in [4.78, 5) is 19.4. The molecule has 0 radical (unpaired) electrons. The number of amides is 2. The smallest absolute Gasteiger partial charge is 0.326 e. The summed E-state index contributed by atoms with van der Waals surface area (Å²) in [5.41, 5.74) is 4.02. The molecular formula is C26H21FN4O2. The van der Waals surface area contributed by atoms with Gasteiger partial charge in [0.05, 0.1) is 17.3 Å². The largest absolute Gasteiger partial charge is 0.334 e. The van der Waals surface area contributed by atoms with Crippen molar-refractivity contribution in [3.05, 3.63) is 107 Å². The monoisotopic (exact) mass is 440 g/mol. The Kier molecular flexibility index (Phi) is 5.22. The highest BCUT2D eigenvalue weighted by molar-refractivity contribution is 6.01. The number of anilines is 1. The number of nitrogens with one attached hydrogen (secondary N) is 1. The maximum Gasteiger partial charge on any atom is 0.326 e. The number of halogens is 1. The van der Waals surface area contributed by atoms with Gasteiger partial charge in [0.15, 0.2) is 0 Å². The number of rotatable bonds is 4. The number of hydrogen-bond acceptors (Lipinski definition) is 4. The molecule has 4 aromatic rings. The van der Waals surface area contributed by atoms with Gasteiger partial charge in [-0.05, 0) is 43.2 Å². The Balaban J connectivity index is 1.66. The summed E-state index contributed by atoms with van der Waals surface area (Å²) < 4.78 is 19.6. The normalized spacial score (nSPS) is 16.2. The Morgan fingerprint density at radius 2 is 1.67 bits per heavy atom. The van der Waals surface area contributed by atoms with Crippen LogP contribution in [-0.2, 0) is 0 Å². The summed E-state index contributed by atoms with van der Waals surface area (Å²) in [6.45, 7) is 3.49. The number of nitrogens with zero attached hydrogens (tertiary/aromatic N) is 3. The Labute approximate surface area is 190 Å². The van der Waals surface area contributed by atoms with Crippen molar-refractivity contribution in [2.24, 2.45) is 0 Å². The van der Waals surface area contributed by atoms with E-state index in [0.29, 0.717) is 34.2 Å². The van der Waals surface area contributed by atoms with Gasteiger partial charge in [0, 0.05) is 11.3 Å². The van der Waals surface area contributed by atoms with Gasteiger partial charge in [-0.1, -0.05) is 65.8 Å². The Morgan fingerprint density at radius 1 is 0.970 bits per heavy atom. The Hall–Kier alpha value is -4.26. The summed E-state index contributed by atoms with van der Waals surface area (Å²) in [6.07, 6.45) is 0. The molecular weight excluding hydrogens is 419 g/mol. The van der Waals surface area contributed by atoms with Crippen LogP contribution in [-0.4, -0.2) is 16.2 Å². The number of allylic oxidation sites excluding steroid dienone is 1. The van der Waals surface area contributed by atoms with E-state index in [1.54, 1.807) is 19.1 Å². The lowest BCUT2D eigenvalue weighted by molar-refractivity contribution is 0.244. The lowest BCUT2D eigenvalue weighted by Crippen LogP contribution is -2.46. The molecule has 0 aliphatic carbocycles. The van der Waals surface area contributed by atoms with Crippen LogP contribution in [0, 0.1) is 12.7 Å². The van der Waals surface area contributed by atoms with Crippen LogP contribution in [0.5, 0.6) is 0 Å². The average Bonchev–Trinajstić information content (AvgIpc) is 3.32. The van der Waals surface area contributed by atoms with Crippen molar-refractivity contribution >= 4 is 17.3 Å². The Morgan fingerprint density at radius 3 is 2.36 bits per heavy atom. The van der Waals surface area contributed by atoms with E-state index >= 15 is 0 Å². The molecule has 6 nitrogen and oxygen atoms in total. The zero-order chi connectivity index (χ0) is 22.9. The van der Waals surface area contributed by atoms with Gasteiger partial charge in [-0.3, -0.25) is 4.90 Å². The molecule has 0 fully saturated rings. The molecule has 2 amide bonds. The van der Waals surface area contributed by atoms with Crippen molar-refractivity contribution in [1.29, 1.82) is 0 Å². The summed E-state index contributed by atoms with van der Waals surface area (Å²) >= 11 is 0. The molecule has 2 heterocycles. The minimum atomic E-state index is -0.486. The van der Waals surface area contributed by atoms with E-state index in [1.165, 1.54) is 11.0 Å². The van der Waals surface area contributed by atoms with Crippen molar-refractivity contribution in [1.82, 2.24) is 15.5 Å². The second-order valence-electron chi connectivity index (χ2n) is 7.85. The Bertz CT molecular complexity index is 1350. The minimum Gasteiger partial charge on any atom is -0.334 e. The first-order valence-electron chi connectivity index (χ1n) is 10.5. The second-order valence-corrected chi connectivity index (χ2v) is 7.85. The summed E-state index contributed by atoms with van der Waals surface area (Å²) in [6, 6.07) is 22.9. The highest BCUT2D eigenvalue weighted by atomic mass is 19.1. The first-order chi connectivity index (χ1) is 16.0. The molecule has 164 valence electrons. The van der Waals surface area contributed by atoms with Gasteiger partial charge in [-0.2, -0.15) is 4.98 Å². The number of carbonyl (C=O) groups is 1. The first kappa shape index (κ1) is 20.6. The van der Waals surface area contributed by atoms with Crippen LogP contribution in [0.4, 0.5) is 14.9 Å². The molecule has 1 N–H and O–H groups in total. The van der Waals surface area contributed by atoms with Crippen LogP contribution >= 0.6 is 0 Å². The van der Waals surface area contributed by atoms with Gasteiger partial charge in [-0.15, -0.1) is 0 Å². The third kappa shape index (κ3) is 3.78. The van der Waals surface area contributed by atoms with E-state index in [0.717, 1.165) is 11.1 Å². The third-order valence-electron chi connectivity index (χ3n) is 5.71. The predicted molar refractivity (Wildman–Crippen MR) is 124 cm³/mol. The molecule has 3 aromatic carbocycles. The van der Waals surface area contributed by atoms with Crippen LogP contribution in [0.2, 0.25) is 0 Å². The van der Waals surface area contributed by atoms with Crippen LogP contribution < -0.4 is 10.2 Å². The summed E-state index contributed by atoms with van der Waals surface area (Å²) in [7, 11) is 0. The fraction of sp³-hybridized carbons (Fsp3) is 0.115. The number of hydrogen-bond donors (Lipinski definition) is 1. The molecule has 1 atom stereocenters. The minimum absolute atomic E-state index is 0.309. The topological polar surface area (TPSA) is 71.3 Å². The van der Waals surface area contributed by atoms with E-state index in [4.69, 9.17) is 4.52 Å². The SMILES string of the molecule is CC1=C(c2nc(-c3ccccc3)no2)C(c2ccccc2)NC(=O)N1c1ccc(F)c(C)c1. The van der Waals surface area contributed by atoms with E-state index in [1.807, 2.05) is 67.6 Å². The van der Waals surface area contributed by atoms with Crippen molar-refractivity contribution in [2.45, 2.75) is 19.9 Å². The highest BCUT2D eigenvalue weighted by Crippen LogP contribution is 2.39. The van der Waals surface area contributed by atoms with Gasteiger partial charge in [0.2, 0.25) is 5.82 Å². The third-order valence-corrected chi connectivity index (χ3v) is 5.71. The van der Waals surface area contributed by atoms with Crippen LogP contribution in [0.3, 0.4) is 0 Å². The van der Waals surface area contributed by atoms with E-state index in [9.17, 15) is 9.18 Å². The summed E-state index contributed by atoms with van der Waals surface area (Å²) in [5, 5.41) is 7.22. The first-order valence-corrected chi connectivity index (χ1v) is 10.5. The van der Waals surface area contributed by atoms with E-state index < -0.39 is 6.04 Å². The van der Waals surface area contributed by atoms with Gasteiger partial charge < -0.3 is 9.84 Å². The molecule has 1 aromatic heterocycles. The number of carbonyl (C=O) groups excluding carboxylic acids is 1.